The standard InChI is InChI=1S/C12H13F3N6O/c1-20-6-8(5-16-20)7-2-3-21-9(4-7)17-11(19-21)18-10(22)12(13,14)15/h5-7H,2-4H2,1H3,(H,18,19,22). The number of nitrogens with zero attached hydrogens (tertiary/aromatic N) is 5. The highest BCUT2D eigenvalue weighted by Gasteiger charge is 2.39. The van der Waals surface area contributed by atoms with Crippen molar-refractivity contribution in [1.29, 1.82) is 0 Å². The Labute approximate surface area is 123 Å². The second-order valence-electron chi connectivity index (χ2n) is 5.16. The lowest BCUT2D eigenvalue weighted by atomic mass is 9.92. The maximum absolute atomic E-state index is 12.2. The van der Waals surface area contributed by atoms with Gasteiger partial charge in [-0.05, 0) is 17.9 Å². The molecule has 118 valence electrons. The molecule has 2 aromatic heterocycles. The first kappa shape index (κ1) is 14.5. The number of alkyl halides is 3. The molecule has 1 amide bonds. The summed E-state index contributed by atoms with van der Waals surface area (Å²) in [6, 6.07) is 0. The van der Waals surface area contributed by atoms with Crippen molar-refractivity contribution in [1.82, 2.24) is 24.5 Å². The van der Waals surface area contributed by atoms with Crippen LogP contribution in [0.15, 0.2) is 12.4 Å². The van der Waals surface area contributed by atoms with E-state index < -0.39 is 12.1 Å². The lowest BCUT2D eigenvalue weighted by molar-refractivity contribution is -0.167. The van der Waals surface area contributed by atoms with Gasteiger partial charge in [-0.3, -0.25) is 14.8 Å². The van der Waals surface area contributed by atoms with E-state index in [1.807, 2.05) is 13.2 Å². The van der Waals surface area contributed by atoms with E-state index in [1.54, 1.807) is 16.2 Å². The molecule has 0 radical (unpaired) electrons. The van der Waals surface area contributed by atoms with E-state index in [4.69, 9.17) is 0 Å². The summed E-state index contributed by atoms with van der Waals surface area (Å²) in [6.45, 7) is 0.532. The number of rotatable bonds is 2. The maximum atomic E-state index is 12.2. The van der Waals surface area contributed by atoms with Crippen LogP contribution in [0.4, 0.5) is 19.1 Å². The molecule has 22 heavy (non-hydrogen) atoms. The molecule has 1 unspecified atom stereocenters. The molecular formula is C12H13F3N6O. The number of fused-ring (bicyclic) bond motifs is 1. The number of hydrogen-bond donors (Lipinski definition) is 1. The molecule has 7 nitrogen and oxygen atoms in total. The summed E-state index contributed by atoms with van der Waals surface area (Å²) in [7, 11) is 1.82. The van der Waals surface area contributed by atoms with Crippen molar-refractivity contribution in [2.75, 3.05) is 5.32 Å². The summed E-state index contributed by atoms with van der Waals surface area (Å²) < 4.78 is 39.9. The van der Waals surface area contributed by atoms with Crippen LogP contribution in [0.2, 0.25) is 0 Å². The van der Waals surface area contributed by atoms with Crippen LogP contribution in [-0.4, -0.2) is 36.6 Å². The molecular weight excluding hydrogens is 301 g/mol. The van der Waals surface area contributed by atoms with Crippen molar-refractivity contribution in [3.63, 3.8) is 0 Å². The Balaban J connectivity index is 1.74. The summed E-state index contributed by atoms with van der Waals surface area (Å²) >= 11 is 0. The summed E-state index contributed by atoms with van der Waals surface area (Å²) in [5, 5.41) is 9.68. The number of amides is 1. The largest absolute Gasteiger partial charge is 0.471 e. The highest BCUT2D eigenvalue weighted by molar-refractivity contribution is 5.93. The Kier molecular flexibility index (Phi) is 3.38. The predicted molar refractivity (Wildman–Crippen MR) is 69.0 cm³/mol. The van der Waals surface area contributed by atoms with Crippen LogP contribution in [0.5, 0.6) is 0 Å². The van der Waals surface area contributed by atoms with Crippen LogP contribution in [-0.2, 0) is 24.8 Å². The molecule has 3 rings (SSSR count). The zero-order valence-electron chi connectivity index (χ0n) is 11.6. The Morgan fingerprint density at radius 2 is 2.23 bits per heavy atom. The molecule has 0 saturated heterocycles. The van der Waals surface area contributed by atoms with Gasteiger partial charge in [-0.2, -0.15) is 23.3 Å². The summed E-state index contributed by atoms with van der Waals surface area (Å²) in [5.74, 6) is -1.64. The zero-order valence-corrected chi connectivity index (χ0v) is 11.6. The van der Waals surface area contributed by atoms with Crippen LogP contribution >= 0.6 is 0 Å². The summed E-state index contributed by atoms with van der Waals surface area (Å²) in [5.41, 5.74) is 1.05. The van der Waals surface area contributed by atoms with E-state index in [9.17, 15) is 18.0 Å². The fourth-order valence-electron chi connectivity index (χ4n) is 2.47. The van der Waals surface area contributed by atoms with E-state index in [2.05, 4.69) is 15.2 Å². The molecule has 2 aromatic rings. The smallest absolute Gasteiger partial charge is 0.285 e. The van der Waals surface area contributed by atoms with E-state index in [-0.39, 0.29) is 11.9 Å². The van der Waals surface area contributed by atoms with Crippen molar-refractivity contribution >= 4 is 11.9 Å². The number of carbonyl (C=O) groups excluding carboxylic acids is 1. The zero-order chi connectivity index (χ0) is 15.9. The Bertz CT molecular complexity index is 704. The van der Waals surface area contributed by atoms with Gasteiger partial charge in [-0.1, -0.05) is 0 Å². The first-order valence-corrected chi connectivity index (χ1v) is 6.63. The van der Waals surface area contributed by atoms with Gasteiger partial charge in [0.25, 0.3) is 0 Å². The average Bonchev–Trinajstić information content (AvgIpc) is 3.02. The van der Waals surface area contributed by atoms with Gasteiger partial charge in [-0.25, -0.2) is 4.68 Å². The minimum Gasteiger partial charge on any atom is -0.285 e. The fraction of sp³-hybridized carbons (Fsp3) is 0.500. The second kappa shape index (κ2) is 5.11. The highest BCUT2D eigenvalue weighted by Crippen LogP contribution is 2.28. The van der Waals surface area contributed by atoms with Gasteiger partial charge in [-0.15, -0.1) is 5.10 Å². The van der Waals surface area contributed by atoms with Crippen LogP contribution in [0.1, 0.15) is 23.7 Å². The lowest BCUT2D eigenvalue weighted by Gasteiger charge is -2.20. The highest BCUT2D eigenvalue weighted by atomic mass is 19.4. The van der Waals surface area contributed by atoms with Crippen LogP contribution in [0, 0.1) is 0 Å². The molecule has 1 atom stereocenters. The molecule has 0 bridgehead atoms. The van der Waals surface area contributed by atoms with Gasteiger partial charge in [0.05, 0.1) is 6.20 Å². The molecule has 3 heterocycles. The van der Waals surface area contributed by atoms with Crippen molar-refractivity contribution in [2.24, 2.45) is 7.05 Å². The molecule has 0 aromatic carbocycles. The van der Waals surface area contributed by atoms with Crippen LogP contribution < -0.4 is 5.32 Å². The van der Waals surface area contributed by atoms with E-state index in [0.29, 0.717) is 18.8 Å². The number of anilines is 1. The molecule has 0 aliphatic carbocycles. The minimum absolute atomic E-state index is 0.191. The minimum atomic E-state index is -4.95. The quantitative estimate of drug-likeness (QED) is 0.905. The first-order valence-electron chi connectivity index (χ1n) is 6.63. The predicted octanol–water partition coefficient (Wildman–Crippen LogP) is 1.24. The van der Waals surface area contributed by atoms with E-state index >= 15 is 0 Å². The lowest BCUT2D eigenvalue weighted by Crippen LogP contribution is -2.30. The molecule has 1 aliphatic rings. The Morgan fingerprint density at radius 1 is 1.45 bits per heavy atom. The van der Waals surface area contributed by atoms with Gasteiger partial charge in [0.1, 0.15) is 5.82 Å². The molecule has 0 spiro atoms. The van der Waals surface area contributed by atoms with E-state index in [1.165, 1.54) is 4.68 Å². The Hall–Kier alpha value is -2.39. The van der Waals surface area contributed by atoms with Gasteiger partial charge >= 0.3 is 12.1 Å². The van der Waals surface area contributed by atoms with Gasteiger partial charge in [0, 0.05) is 26.2 Å². The Morgan fingerprint density at radius 3 is 2.86 bits per heavy atom. The van der Waals surface area contributed by atoms with Crippen molar-refractivity contribution in [3.8, 4) is 0 Å². The first-order chi connectivity index (χ1) is 10.3. The van der Waals surface area contributed by atoms with Crippen LogP contribution in [0.3, 0.4) is 0 Å². The molecule has 1 aliphatic heterocycles. The fourth-order valence-corrected chi connectivity index (χ4v) is 2.47. The number of nitrogens with one attached hydrogen (secondary N) is 1. The number of aromatic nitrogens is 5. The van der Waals surface area contributed by atoms with E-state index in [0.717, 1.165) is 12.0 Å². The number of aryl methyl sites for hydroxylation is 2. The third-order valence-electron chi connectivity index (χ3n) is 3.55. The normalized spacial score (nSPS) is 18.1. The van der Waals surface area contributed by atoms with Gasteiger partial charge < -0.3 is 0 Å². The van der Waals surface area contributed by atoms with Gasteiger partial charge in [0.15, 0.2) is 0 Å². The number of hydrogen-bond acceptors (Lipinski definition) is 4. The second-order valence-corrected chi connectivity index (χ2v) is 5.16. The molecule has 0 saturated carbocycles. The summed E-state index contributed by atoms with van der Waals surface area (Å²) in [4.78, 5) is 14.9. The monoisotopic (exact) mass is 314 g/mol. The van der Waals surface area contributed by atoms with Crippen LogP contribution in [0.25, 0.3) is 0 Å². The molecule has 1 N–H and O–H groups in total. The summed E-state index contributed by atoms with van der Waals surface area (Å²) in [6.07, 6.45) is 0.0470. The maximum Gasteiger partial charge on any atom is 0.471 e. The number of halogens is 3. The number of carbonyl (C=O) groups is 1. The SMILES string of the molecule is Cn1cc(C2CCn3nc(NC(=O)C(F)(F)F)nc3C2)cn1. The van der Waals surface area contributed by atoms with Gasteiger partial charge in [0.2, 0.25) is 5.95 Å². The van der Waals surface area contributed by atoms with Crippen molar-refractivity contribution in [2.45, 2.75) is 31.5 Å². The molecule has 10 heteroatoms. The third-order valence-corrected chi connectivity index (χ3v) is 3.55. The van der Waals surface area contributed by atoms with Crippen molar-refractivity contribution < 1.29 is 18.0 Å². The van der Waals surface area contributed by atoms with Crippen molar-refractivity contribution in [3.05, 3.63) is 23.8 Å². The molecule has 0 fully saturated rings. The average molecular weight is 314 g/mol. The topological polar surface area (TPSA) is 77.6 Å². The third kappa shape index (κ3) is 2.81.